The molecule has 7 rings (SSSR count). The van der Waals surface area contributed by atoms with Crippen molar-refractivity contribution >= 4 is 71.6 Å². The summed E-state index contributed by atoms with van der Waals surface area (Å²) in [4.78, 5) is 62.5. The van der Waals surface area contributed by atoms with Crippen LogP contribution >= 0.6 is 48.0 Å². The average Bonchev–Trinajstić information content (AvgIpc) is 3.12. The number of carbonyl (C=O) groups is 4. The monoisotopic (exact) mass is 766 g/mol. The molecule has 0 aliphatic carbocycles. The lowest BCUT2D eigenvalue weighted by Crippen LogP contribution is -2.61. The lowest BCUT2D eigenvalue weighted by molar-refractivity contribution is -0.138. The number of Topliss-reactive ketones (excluding diaryl/α,β-unsaturated/α-hetero) is 1. The van der Waals surface area contributed by atoms with Crippen molar-refractivity contribution in [3.05, 3.63) is 92.7 Å². The summed E-state index contributed by atoms with van der Waals surface area (Å²) in [6, 6.07) is 13.9. The molecule has 5 aliphatic rings. The maximum Gasteiger partial charge on any atom is 0.336 e. The van der Waals surface area contributed by atoms with Crippen molar-refractivity contribution in [3.8, 4) is 0 Å². The summed E-state index contributed by atoms with van der Waals surface area (Å²) in [6.45, 7) is 5.74. The highest BCUT2D eigenvalue weighted by molar-refractivity contribution is 6.36. The van der Waals surface area contributed by atoms with Gasteiger partial charge in [-0.1, -0.05) is 59.6 Å². The molecule has 4 fully saturated rings. The number of fused-ring (bicyclic) bond motifs is 3. The molecule has 2 aromatic rings. The summed E-state index contributed by atoms with van der Waals surface area (Å²) in [5, 5.41) is 0.430. The number of hydrogen-bond acceptors (Lipinski definition) is 9. The Morgan fingerprint density at radius 2 is 1.48 bits per heavy atom. The van der Waals surface area contributed by atoms with Crippen LogP contribution in [-0.2, 0) is 23.9 Å². The Hall–Kier alpha value is -3.12. The van der Waals surface area contributed by atoms with Gasteiger partial charge in [-0.3, -0.25) is 14.5 Å². The first-order chi connectivity index (χ1) is 23.2. The molecule has 1 amide bonds. The van der Waals surface area contributed by atoms with Crippen LogP contribution in [0.4, 0.5) is 0 Å². The first-order valence-electron chi connectivity index (χ1n) is 16.4. The number of piperazine rings is 1. The van der Waals surface area contributed by atoms with Gasteiger partial charge in [0.05, 0.1) is 30.6 Å². The fraction of sp³-hybridized carbons (Fsp3) is 0.444. The van der Waals surface area contributed by atoms with E-state index in [9.17, 15) is 19.2 Å². The van der Waals surface area contributed by atoms with E-state index in [1.807, 2.05) is 4.90 Å². The van der Waals surface area contributed by atoms with E-state index in [0.717, 1.165) is 25.6 Å². The van der Waals surface area contributed by atoms with Crippen LogP contribution in [0.25, 0.3) is 0 Å². The number of rotatable bonds is 9. The van der Waals surface area contributed by atoms with Crippen LogP contribution < -0.4 is 0 Å². The highest BCUT2D eigenvalue weighted by Gasteiger charge is 2.42. The lowest BCUT2D eigenvalue weighted by Gasteiger charge is -2.51. The van der Waals surface area contributed by atoms with Gasteiger partial charge in [0.15, 0.2) is 12.4 Å². The minimum absolute atomic E-state index is 0. The zero-order valence-electron chi connectivity index (χ0n) is 28.0. The molecule has 0 aromatic heterocycles. The van der Waals surface area contributed by atoms with Gasteiger partial charge in [-0.2, -0.15) is 0 Å². The summed E-state index contributed by atoms with van der Waals surface area (Å²) >= 11 is 13.4. The van der Waals surface area contributed by atoms with Crippen molar-refractivity contribution in [2.24, 2.45) is 5.92 Å². The number of amides is 1. The Morgan fingerprint density at radius 3 is 2.06 bits per heavy atom. The molecular weight excluding hydrogens is 726 g/mol. The predicted octanol–water partition coefficient (Wildman–Crippen LogP) is 5.23. The van der Waals surface area contributed by atoms with Gasteiger partial charge in [0.25, 0.3) is 0 Å². The van der Waals surface area contributed by atoms with Gasteiger partial charge in [-0.05, 0) is 44.0 Å². The average molecular weight is 769 g/mol. The summed E-state index contributed by atoms with van der Waals surface area (Å²) in [6.07, 6.45) is 3.89. The van der Waals surface area contributed by atoms with Gasteiger partial charge < -0.3 is 24.2 Å². The Kier molecular flexibility index (Phi) is 13.8. The van der Waals surface area contributed by atoms with Crippen molar-refractivity contribution in [1.29, 1.82) is 0 Å². The van der Waals surface area contributed by atoms with E-state index in [4.69, 9.17) is 32.7 Å². The molecule has 2 aromatic carbocycles. The number of esters is 2. The van der Waals surface area contributed by atoms with Crippen molar-refractivity contribution in [1.82, 2.24) is 19.6 Å². The Labute approximate surface area is 315 Å². The maximum absolute atomic E-state index is 13.9. The smallest absolute Gasteiger partial charge is 0.336 e. The highest BCUT2D eigenvalue weighted by Crippen LogP contribution is 2.45. The van der Waals surface area contributed by atoms with Crippen molar-refractivity contribution in [3.63, 3.8) is 0 Å². The molecule has 14 heteroatoms. The molecule has 2 atom stereocenters. The van der Waals surface area contributed by atoms with Gasteiger partial charge in [0.1, 0.15) is 0 Å². The number of hydrogen-bond donors (Lipinski definition) is 0. The predicted molar refractivity (Wildman–Crippen MR) is 196 cm³/mol. The van der Waals surface area contributed by atoms with Gasteiger partial charge >= 0.3 is 11.9 Å². The molecule has 4 saturated heterocycles. The van der Waals surface area contributed by atoms with E-state index in [-0.39, 0.29) is 64.1 Å². The molecule has 0 spiro atoms. The van der Waals surface area contributed by atoms with Crippen molar-refractivity contribution in [2.75, 3.05) is 66.6 Å². The molecule has 10 nitrogen and oxygen atoms in total. The standard InChI is InChI=1S/C36H40Cl2N4O6.2ClH/c1-39-20-25(35(45)48-22-30(43)24-7-4-3-5-8-24)32(33-26(37)9-6-10-27(33)38)34(36(46)47-2)28(39)19-31(44)42-17-15-41(16-18-42)29-21-40-13-11-23(29)12-14-40;;/h3-10,20,23,29,32H,11-19,21-22H2,1-2H3;2*1H. The number of halogens is 4. The first-order valence-corrected chi connectivity index (χ1v) is 17.1. The molecule has 50 heavy (non-hydrogen) atoms. The minimum Gasteiger partial charge on any atom is -0.466 e. The zero-order valence-corrected chi connectivity index (χ0v) is 31.2. The van der Waals surface area contributed by atoms with E-state index in [2.05, 4.69) is 9.80 Å². The normalized spacial score (nSPS) is 23.3. The van der Waals surface area contributed by atoms with E-state index in [0.29, 0.717) is 36.0 Å². The fourth-order valence-corrected chi connectivity index (χ4v) is 8.14. The van der Waals surface area contributed by atoms with Crippen LogP contribution in [0, 0.1) is 5.92 Å². The second kappa shape index (κ2) is 17.4. The molecule has 270 valence electrons. The van der Waals surface area contributed by atoms with Crippen LogP contribution in [-0.4, -0.2) is 116 Å². The number of nitrogens with zero attached hydrogens (tertiary/aromatic N) is 4. The van der Waals surface area contributed by atoms with Crippen molar-refractivity contribution < 1.29 is 28.7 Å². The Morgan fingerprint density at radius 1 is 0.840 bits per heavy atom. The molecule has 5 aliphatic heterocycles. The topological polar surface area (TPSA) is 99.7 Å². The summed E-state index contributed by atoms with van der Waals surface area (Å²) < 4.78 is 10.7. The van der Waals surface area contributed by atoms with Gasteiger partial charge in [-0.15, -0.1) is 24.8 Å². The summed E-state index contributed by atoms with van der Waals surface area (Å²) in [7, 11) is 2.90. The van der Waals surface area contributed by atoms with Crippen LogP contribution in [0.3, 0.4) is 0 Å². The number of carbonyl (C=O) groups excluding carboxylic acids is 4. The Balaban J connectivity index is 0.00000281. The third-order valence-electron chi connectivity index (χ3n) is 10.1. The summed E-state index contributed by atoms with van der Waals surface area (Å²) in [5.41, 5.74) is 1.13. The van der Waals surface area contributed by atoms with Gasteiger partial charge in [0, 0.05) is 78.9 Å². The first kappa shape index (κ1) is 39.7. The second-order valence-corrected chi connectivity index (χ2v) is 13.6. The Bertz CT molecular complexity index is 1620. The molecular formula is C36H42Cl4N4O6. The number of ketones is 1. The maximum atomic E-state index is 13.9. The molecule has 0 radical (unpaired) electrons. The number of methoxy groups -OCH3 is 1. The lowest BCUT2D eigenvalue weighted by atomic mass is 9.80. The van der Waals surface area contributed by atoms with E-state index < -0.39 is 24.5 Å². The van der Waals surface area contributed by atoms with Crippen LogP contribution in [0.1, 0.15) is 41.1 Å². The quantitative estimate of drug-likeness (QED) is 0.251. The summed E-state index contributed by atoms with van der Waals surface area (Å²) in [5.74, 6) is -2.49. The third-order valence-corrected chi connectivity index (χ3v) is 10.8. The van der Waals surface area contributed by atoms with Crippen molar-refractivity contribution in [2.45, 2.75) is 31.2 Å². The van der Waals surface area contributed by atoms with Crippen LogP contribution in [0.2, 0.25) is 10.0 Å². The molecule has 5 heterocycles. The second-order valence-electron chi connectivity index (χ2n) is 12.8. The van der Waals surface area contributed by atoms with Gasteiger partial charge in [0.2, 0.25) is 5.91 Å². The molecule has 0 N–H and O–H groups in total. The molecule has 0 saturated carbocycles. The molecule has 2 bridgehead atoms. The zero-order chi connectivity index (χ0) is 33.9. The van der Waals surface area contributed by atoms with E-state index in [1.54, 1.807) is 60.5 Å². The third kappa shape index (κ3) is 8.33. The van der Waals surface area contributed by atoms with E-state index >= 15 is 0 Å². The SMILES string of the molecule is COC(=O)C1=C(CC(=O)N2CCN(C3CN4CCC3CC4)CC2)N(C)C=C(C(=O)OCC(=O)c2ccccc2)C1c1c(Cl)cccc1Cl.Cl.Cl. The highest BCUT2D eigenvalue weighted by atomic mass is 35.5. The van der Waals surface area contributed by atoms with Crippen LogP contribution in [0.15, 0.2) is 71.6 Å². The van der Waals surface area contributed by atoms with E-state index in [1.165, 1.54) is 39.2 Å². The largest absolute Gasteiger partial charge is 0.466 e. The number of piperidine rings is 3. The minimum atomic E-state index is -1.12. The fourth-order valence-electron chi connectivity index (χ4n) is 7.52. The van der Waals surface area contributed by atoms with Crippen LogP contribution in [0.5, 0.6) is 0 Å². The number of benzene rings is 2. The molecule has 2 unspecified atom stereocenters. The number of ether oxygens (including phenoxy) is 2. The van der Waals surface area contributed by atoms with Gasteiger partial charge in [-0.25, -0.2) is 9.59 Å².